The van der Waals surface area contributed by atoms with Gasteiger partial charge < -0.3 is 20.8 Å². The monoisotopic (exact) mass is 560 g/mol. The van der Waals surface area contributed by atoms with Crippen LogP contribution in [0.1, 0.15) is 43.0 Å². The Labute approximate surface area is 217 Å². The number of halogens is 4. The van der Waals surface area contributed by atoms with Gasteiger partial charge in [-0.15, -0.1) is 0 Å². The standard InChI is InChI=1S/C25H28ClF3N2O5S/c1-13(32)11-30-12-25(34)15-3-4-16(25)8-18(7-15)37(35,36)22-6-14(2-5-19(22)26)24(33)31-17-9-20(27)23(29)21(28)10-17/h2,5-6,9-10,13,15-16,18,30,32,34H,3-4,7-8,11-12H2,1H3,(H,31,33)/t13?,15?,16?,18-,25-. The third kappa shape index (κ3) is 5.51. The highest BCUT2D eigenvalue weighted by molar-refractivity contribution is 7.92. The first-order valence-electron chi connectivity index (χ1n) is 11.9. The predicted molar refractivity (Wildman–Crippen MR) is 132 cm³/mol. The average molecular weight is 561 g/mol. The van der Waals surface area contributed by atoms with Gasteiger partial charge in [0.2, 0.25) is 0 Å². The van der Waals surface area contributed by atoms with Gasteiger partial charge in [0.15, 0.2) is 27.3 Å². The van der Waals surface area contributed by atoms with Gasteiger partial charge in [0, 0.05) is 36.5 Å². The van der Waals surface area contributed by atoms with Crippen molar-refractivity contribution < 1.29 is 36.6 Å². The minimum atomic E-state index is -4.00. The van der Waals surface area contributed by atoms with Crippen LogP contribution in [0.15, 0.2) is 35.2 Å². The summed E-state index contributed by atoms with van der Waals surface area (Å²) in [5.74, 6) is -6.03. The Morgan fingerprint density at radius 2 is 1.73 bits per heavy atom. The Hall–Kier alpha value is -2.18. The van der Waals surface area contributed by atoms with Crippen LogP contribution in [-0.4, -0.2) is 54.6 Å². The predicted octanol–water partition coefficient (Wildman–Crippen LogP) is 3.67. The number of anilines is 1. The highest BCUT2D eigenvalue weighted by atomic mass is 35.5. The molecular formula is C25H28ClF3N2O5S. The van der Waals surface area contributed by atoms with E-state index in [1.807, 2.05) is 0 Å². The molecule has 2 aromatic rings. The maximum atomic E-state index is 13.6. The summed E-state index contributed by atoms with van der Waals surface area (Å²) in [6.45, 7) is 2.19. The molecule has 1 amide bonds. The number of rotatable bonds is 8. The van der Waals surface area contributed by atoms with Crippen molar-refractivity contribution in [2.24, 2.45) is 11.8 Å². The molecule has 2 fully saturated rings. The molecule has 0 saturated heterocycles. The highest BCUT2D eigenvalue weighted by Crippen LogP contribution is 2.52. The lowest BCUT2D eigenvalue weighted by Crippen LogP contribution is -2.54. The molecule has 202 valence electrons. The second kappa shape index (κ2) is 10.5. The number of nitrogens with one attached hydrogen (secondary N) is 2. The van der Waals surface area contributed by atoms with Gasteiger partial charge in [-0.1, -0.05) is 11.6 Å². The van der Waals surface area contributed by atoms with Crippen molar-refractivity contribution in [2.75, 3.05) is 18.4 Å². The molecule has 0 spiro atoms. The molecule has 2 aliphatic rings. The first-order chi connectivity index (χ1) is 17.3. The summed E-state index contributed by atoms with van der Waals surface area (Å²) in [7, 11) is -4.00. The van der Waals surface area contributed by atoms with Gasteiger partial charge >= 0.3 is 0 Å². The van der Waals surface area contributed by atoms with Crippen LogP contribution in [0.5, 0.6) is 0 Å². The van der Waals surface area contributed by atoms with Gasteiger partial charge in [-0.05, 0) is 62.6 Å². The first kappa shape index (κ1) is 27.8. The molecule has 0 aliphatic heterocycles. The molecule has 0 aromatic heterocycles. The van der Waals surface area contributed by atoms with Crippen LogP contribution in [0.3, 0.4) is 0 Å². The average Bonchev–Trinajstić information content (AvgIpc) is 2.98. The molecule has 4 rings (SSSR count). The molecular weight excluding hydrogens is 533 g/mol. The SMILES string of the molecule is CC(O)CNC[C@]1(O)C2CCC1C[C@@H](S(=O)(=O)c1cc(C(=O)Nc3cc(F)c(F)c(F)c3)ccc1Cl)C2. The van der Waals surface area contributed by atoms with E-state index in [0.717, 1.165) is 6.07 Å². The van der Waals surface area contributed by atoms with E-state index in [4.69, 9.17) is 11.6 Å². The van der Waals surface area contributed by atoms with E-state index < -0.39 is 50.2 Å². The second-order valence-electron chi connectivity index (χ2n) is 9.93. The quantitative estimate of drug-likeness (QED) is 0.366. The highest BCUT2D eigenvalue weighted by Gasteiger charge is 2.55. The molecule has 7 nitrogen and oxygen atoms in total. The number of fused-ring (bicyclic) bond motifs is 2. The molecule has 4 N–H and O–H groups in total. The number of aliphatic hydroxyl groups excluding tert-OH is 1. The van der Waals surface area contributed by atoms with Gasteiger partial charge in [-0.25, -0.2) is 21.6 Å². The molecule has 2 aromatic carbocycles. The van der Waals surface area contributed by atoms with Crippen LogP contribution in [0.2, 0.25) is 5.02 Å². The normalized spacial score (nSPS) is 26.2. The fourth-order valence-electron chi connectivity index (χ4n) is 5.51. The third-order valence-corrected chi connectivity index (χ3v) is 10.1. The number of amides is 1. The number of sulfone groups is 1. The lowest BCUT2D eigenvalue weighted by Gasteiger charge is -2.42. The first-order valence-corrected chi connectivity index (χ1v) is 13.9. The zero-order chi connectivity index (χ0) is 27.1. The molecule has 2 saturated carbocycles. The Morgan fingerprint density at radius 1 is 1.14 bits per heavy atom. The molecule has 0 radical (unpaired) electrons. The van der Waals surface area contributed by atoms with Crippen molar-refractivity contribution in [3.63, 3.8) is 0 Å². The fourth-order valence-corrected chi connectivity index (χ4v) is 7.91. The summed E-state index contributed by atoms with van der Waals surface area (Å²) in [5.41, 5.74) is -1.54. The van der Waals surface area contributed by atoms with Crippen LogP contribution in [0.4, 0.5) is 18.9 Å². The van der Waals surface area contributed by atoms with E-state index >= 15 is 0 Å². The minimum Gasteiger partial charge on any atom is -0.392 e. The Morgan fingerprint density at radius 3 is 2.30 bits per heavy atom. The number of aliphatic hydroxyl groups is 2. The van der Waals surface area contributed by atoms with Crippen LogP contribution < -0.4 is 10.6 Å². The Bertz CT molecular complexity index is 1270. The summed E-state index contributed by atoms with van der Waals surface area (Å²) in [5, 5.41) is 25.2. The minimum absolute atomic E-state index is 0.0813. The van der Waals surface area contributed by atoms with E-state index in [9.17, 15) is 36.6 Å². The molecule has 0 heterocycles. The van der Waals surface area contributed by atoms with E-state index in [0.29, 0.717) is 31.5 Å². The summed E-state index contributed by atoms with van der Waals surface area (Å²) >= 11 is 6.23. The van der Waals surface area contributed by atoms with Crippen molar-refractivity contribution in [1.29, 1.82) is 0 Å². The van der Waals surface area contributed by atoms with Gasteiger partial charge in [-0.2, -0.15) is 0 Å². The molecule has 37 heavy (non-hydrogen) atoms. The molecule has 2 aliphatic carbocycles. The number of carbonyl (C=O) groups excluding carboxylic acids is 1. The summed E-state index contributed by atoms with van der Waals surface area (Å²) < 4.78 is 67.4. The van der Waals surface area contributed by atoms with Gasteiger partial charge in [0.1, 0.15) is 0 Å². The summed E-state index contributed by atoms with van der Waals surface area (Å²) in [6.07, 6.45) is 1.19. The van der Waals surface area contributed by atoms with Crippen LogP contribution in [0.25, 0.3) is 0 Å². The largest absolute Gasteiger partial charge is 0.392 e. The fraction of sp³-hybridized carbons (Fsp3) is 0.480. The number of hydrogen-bond donors (Lipinski definition) is 4. The van der Waals surface area contributed by atoms with Gasteiger partial charge in [0.05, 0.1) is 26.9 Å². The van der Waals surface area contributed by atoms with Crippen molar-refractivity contribution in [3.05, 3.63) is 58.4 Å². The maximum absolute atomic E-state index is 13.6. The number of carbonyl (C=O) groups is 1. The summed E-state index contributed by atoms with van der Waals surface area (Å²) in [4.78, 5) is 12.4. The van der Waals surface area contributed by atoms with Crippen LogP contribution >= 0.6 is 11.6 Å². The Balaban J connectivity index is 1.53. The van der Waals surface area contributed by atoms with Gasteiger partial charge in [0.25, 0.3) is 5.91 Å². The van der Waals surface area contributed by atoms with Crippen LogP contribution in [-0.2, 0) is 9.84 Å². The van der Waals surface area contributed by atoms with Crippen molar-refractivity contribution in [3.8, 4) is 0 Å². The van der Waals surface area contributed by atoms with E-state index in [2.05, 4.69) is 10.6 Å². The van der Waals surface area contributed by atoms with E-state index in [1.165, 1.54) is 12.1 Å². The zero-order valence-electron chi connectivity index (χ0n) is 20.0. The van der Waals surface area contributed by atoms with Crippen LogP contribution in [0, 0.1) is 29.3 Å². The van der Waals surface area contributed by atoms with E-state index in [1.54, 1.807) is 6.92 Å². The molecule has 2 bridgehead atoms. The van der Waals surface area contributed by atoms with E-state index in [-0.39, 0.29) is 52.4 Å². The number of benzene rings is 2. The Kier molecular flexibility index (Phi) is 7.92. The lowest BCUT2D eigenvalue weighted by atomic mass is 9.74. The van der Waals surface area contributed by atoms with Crippen molar-refractivity contribution in [2.45, 2.75) is 54.5 Å². The second-order valence-corrected chi connectivity index (χ2v) is 12.5. The topological polar surface area (TPSA) is 116 Å². The lowest BCUT2D eigenvalue weighted by molar-refractivity contribution is -0.0572. The van der Waals surface area contributed by atoms with Gasteiger partial charge in [-0.3, -0.25) is 4.79 Å². The molecule has 12 heteroatoms. The van der Waals surface area contributed by atoms with Crippen molar-refractivity contribution >= 4 is 33.0 Å². The smallest absolute Gasteiger partial charge is 0.255 e. The zero-order valence-corrected chi connectivity index (χ0v) is 21.6. The summed E-state index contributed by atoms with van der Waals surface area (Å²) in [6, 6.07) is 4.85. The molecule has 3 atom stereocenters. The van der Waals surface area contributed by atoms with Crippen molar-refractivity contribution in [1.82, 2.24) is 5.32 Å². The molecule has 3 unspecified atom stereocenters. The third-order valence-electron chi connectivity index (χ3n) is 7.40. The number of hydrogen-bond acceptors (Lipinski definition) is 6. The maximum Gasteiger partial charge on any atom is 0.255 e.